The van der Waals surface area contributed by atoms with Crippen molar-refractivity contribution >= 4 is 23.5 Å². The highest BCUT2D eigenvalue weighted by Crippen LogP contribution is 2.40. The Balaban J connectivity index is 2.15. The summed E-state index contributed by atoms with van der Waals surface area (Å²) in [5.74, 6) is -3.11. The van der Waals surface area contributed by atoms with Gasteiger partial charge in [0.25, 0.3) is 0 Å². The SMILES string of the molecule is C=CCc1c(C)c2c(c(NC(=O)C(F)(F)F)c1C/C=C1\CCCCCC1C(C)C(=O)N(C)C)C(=O)OC2. The molecular formula is C28H35F3N2O4. The first-order chi connectivity index (χ1) is 17.4. The summed E-state index contributed by atoms with van der Waals surface area (Å²) in [4.78, 5) is 39.0. The molecular weight excluding hydrogens is 485 g/mol. The summed E-state index contributed by atoms with van der Waals surface area (Å²) in [5, 5.41) is 1.99. The lowest BCUT2D eigenvalue weighted by Crippen LogP contribution is -2.33. The topological polar surface area (TPSA) is 75.7 Å². The number of benzene rings is 1. The van der Waals surface area contributed by atoms with E-state index in [4.69, 9.17) is 4.74 Å². The van der Waals surface area contributed by atoms with Crippen LogP contribution in [0.3, 0.4) is 0 Å². The molecule has 1 aromatic carbocycles. The molecule has 1 fully saturated rings. The molecule has 3 rings (SSSR count). The van der Waals surface area contributed by atoms with Crippen molar-refractivity contribution in [2.24, 2.45) is 11.8 Å². The Kier molecular flexibility index (Phi) is 8.87. The normalized spacial score (nSPS) is 19.6. The van der Waals surface area contributed by atoms with Crippen molar-refractivity contribution in [1.82, 2.24) is 4.90 Å². The molecule has 1 aliphatic carbocycles. The van der Waals surface area contributed by atoms with E-state index in [0.717, 1.165) is 43.2 Å². The monoisotopic (exact) mass is 520 g/mol. The predicted octanol–water partition coefficient (Wildman–Crippen LogP) is 5.67. The van der Waals surface area contributed by atoms with Crippen molar-refractivity contribution in [2.75, 3.05) is 19.4 Å². The number of fused-ring (bicyclic) bond motifs is 1. The molecule has 1 saturated carbocycles. The van der Waals surface area contributed by atoms with Crippen molar-refractivity contribution in [3.63, 3.8) is 0 Å². The van der Waals surface area contributed by atoms with Gasteiger partial charge in [0.15, 0.2) is 0 Å². The summed E-state index contributed by atoms with van der Waals surface area (Å²) in [6, 6.07) is 0. The molecule has 9 heteroatoms. The van der Waals surface area contributed by atoms with E-state index in [1.165, 1.54) is 0 Å². The lowest BCUT2D eigenvalue weighted by Gasteiger charge is -2.27. The summed E-state index contributed by atoms with van der Waals surface area (Å²) in [6.07, 6.45) is 3.66. The molecule has 2 aliphatic rings. The van der Waals surface area contributed by atoms with Crippen LogP contribution >= 0.6 is 0 Å². The highest BCUT2D eigenvalue weighted by Gasteiger charge is 2.41. The van der Waals surface area contributed by atoms with E-state index in [0.29, 0.717) is 23.1 Å². The quantitative estimate of drug-likeness (QED) is 0.286. The van der Waals surface area contributed by atoms with Crippen LogP contribution in [-0.4, -0.2) is 43.0 Å². The van der Waals surface area contributed by atoms with Crippen molar-refractivity contribution in [2.45, 2.75) is 71.6 Å². The molecule has 2 unspecified atom stereocenters. The zero-order valence-corrected chi connectivity index (χ0v) is 21.9. The average Bonchev–Trinajstić information content (AvgIpc) is 3.06. The van der Waals surface area contributed by atoms with Gasteiger partial charge in [0.1, 0.15) is 6.61 Å². The molecule has 1 N–H and O–H groups in total. The smallest absolute Gasteiger partial charge is 0.457 e. The Morgan fingerprint density at radius 3 is 2.51 bits per heavy atom. The summed E-state index contributed by atoms with van der Waals surface area (Å²) in [7, 11) is 3.45. The van der Waals surface area contributed by atoms with Crippen LogP contribution in [0.4, 0.5) is 18.9 Å². The fraction of sp³-hybridized carbons (Fsp3) is 0.536. The van der Waals surface area contributed by atoms with Gasteiger partial charge in [0, 0.05) is 25.6 Å². The van der Waals surface area contributed by atoms with Crippen LogP contribution in [0, 0.1) is 18.8 Å². The van der Waals surface area contributed by atoms with Crippen LogP contribution in [0.1, 0.15) is 71.6 Å². The van der Waals surface area contributed by atoms with Crippen molar-refractivity contribution < 1.29 is 32.3 Å². The Labute approximate surface area is 215 Å². The number of alkyl halides is 3. The lowest BCUT2D eigenvalue weighted by atomic mass is 9.81. The first-order valence-corrected chi connectivity index (χ1v) is 12.6. The van der Waals surface area contributed by atoms with Crippen molar-refractivity contribution in [1.29, 1.82) is 0 Å². The fourth-order valence-electron chi connectivity index (χ4n) is 5.51. The number of esters is 1. The molecule has 1 aromatic rings. The number of anilines is 1. The predicted molar refractivity (Wildman–Crippen MR) is 135 cm³/mol. The molecule has 2 atom stereocenters. The maximum atomic E-state index is 13.3. The molecule has 0 saturated heterocycles. The van der Waals surface area contributed by atoms with Gasteiger partial charge in [0.2, 0.25) is 5.91 Å². The number of carbonyl (C=O) groups is 3. The number of nitrogens with one attached hydrogen (secondary N) is 1. The van der Waals surface area contributed by atoms with Gasteiger partial charge in [-0.05, 0) is 61.6 Å². The average molecular weight is 521 g/mol. The first-order valence-electron chi connectivity index (χ1n) is 12.6. The number of allylic oxidation sites excluding steroid dienone is 3. The summed E-state index contributed by atoms with van der Waals surface area (Å²) < 4.78 is 44.9. The third-order valence-corrected chi connectivity index (χ3v) is 7.48. The van der Waals surface area contributed by atoms with Gasteiger partial charge in [-0.2, -0.15) is 13.2 Å². The molecule has 0 spiro atoms. The Morgan fingerprint density at radius 2 is 1.89 bits per heavy atom. The zero-order valence-electron chi connectivity index (χ0n) is 21.9. The highest BCUT2D eigenvalue weighted by molar-refractivity contribution is 6.06. The number of hydrogen-bond acceptors (Lipinski definition) is 4. The first kappa shape index (κ1) is 28.5. The number of cyclic esters (lactones) is 1. The Hall–Kier alpha value is -3.10. The number of rotatable bonds is 7. The van der Waals surface area contributed by atoms with E-state index in [-0.39, 0.29) is 42.0 Å². The minimum atomic E-state index is -5.12. The van der Waals surface area contributed by atoms with E-state index < -0.39 is 18.1 Å². The van der Waals surface area contributed by atoms with Gasteiger partial charge in [-0.15, -0.1) is 6.58 Å². The zero-order chi connectivity index (χ0) is 27.5. The number of carbonyl (C=O) groups excluding carboxylic acids is 3. The fourth-order valence-corrected chi connectivity index (χ4v) is 5.51. The molecule has 2 amide bonds. The van der Waals surface area contributed by atoms with Crippen molar-refractivity contribution in [3.8, 4) is 0 Å². The van der Waals surface area contributed by atoms with Gasteiger partial charge >= 0.3 is 18.1 Å². The van der Waals surface area contributed by atoms with Crippen LogP contribution in [-0.2, 0) is 33.8 Å². The molecule has 1 heterocycles. The van der Waals surface area contributed by atoms with Crippen molar-refractivity contribution in [3.05, 3.63) is 52.1 Å². The van der Waals surface area contributed by atoms with Gasteiger partial charge in [0.05, 0.1) is 11.3 Å². The molecule has 37 heavy (non-hydrogen) atoms. The van der Waals surface area contributed by atoms with Gasteiger partial charge < -0.3 is 15.0 Å². The number of hydrogen-bond donors (Lipinski definition) is 1. The number of amides is 2. The van der Waals surface area contributed by atoms with Crippen LogP contribution < -0.4 is 5.32 Å². The molecule has 202 valence electrons. The van der Waals surface area contributed by atoms with E-state index in [9.17, 15) is 27.6 Å². The Bertz CT molecular complexity index is 1120. The van der Waals surface area contributed by atoms with Gasteiger partial charge in [-0.25, -0.2) is 4.79 Å². The number of halogens is 3. The second kappa shape index (κ2) is 11.5. The van der Waals surface area contributed by atoms with Crippen LogP contribution in [0.5, 0.6) is 0 Å². The number of ether oxygens (including phenoxy) is 1. The van der Waals surface area contributed by atoms with Crippen LogP contribution in [0.15, 0.2) is 24.3 Å². The minimum Gasteiger partial charge on any atom is -0.457 e. The maximum Gasteiger partial charge on any atom is 0.471 e. The van der Waals surface area contributed by atoms with Gasteiger partial charge in [-0.3, -0.25) is 9.59 Å². The third kappa shape index (κ3) is 6.08. The lowest BCUT2D eigenvalue weighted by molar-refractivity contribution is -0.167. The second-order valence-corrected chi connectivity index (χ2v) is 10.0. The van der Waals surface area contributed by atoms with E-state index in [1.54, 1.807) is 32.0 Å². The standard InChI is InChI=1S/C28H35F3N2O4/c1-6-10-20-16(2)22-15-37-26(35)23(22)24(32-27(36)28(29,30)31)21(20)14-13-18-11-8-7-9-12-19(18)17(3)25(34)33(4)5/h6,13,17,19H,1,7-12,14-15H2,2-5H3,(H,32,36)/b18-13+. The van der Waals surface area contributed by atoms with Crippen LogP contribution in [0.25, 0.3) is 0 Å². The molecule has 6 nitrogen and oxygen atoms in total. The number of nitrogens with zero attached hydrogens (tertiary/aromatic N) is 1. The Morgan fingerprint density at radius 1 is 1.19 bits per heavy atom. The third-order valence-electron chi connectivity index (χ3n) is 7.48. The van der Waals surface area contributed by atoms with E-state index in [1.807, 2.05) is 18.3 Å². The molecule has 0 bridgehead atoms. The van der Waals surface area contributed by atoms with E-state index >= 15 is 0 Å². The van der Waals surface area contributed by atoms with Crippen LogP contribution in [0.2, 0.25) is 0 Å². The summed E-state index contributed by atoms with van der Waals surface area (Å²) >= 11 is 0. The molecule has 0 radical (unpaired) electrons. The highest BCUT2D eigenvalue weighted by atomic mass is 19.4. The minimum absolute atomic E-state index is 0.00830. The molecule has 1 aliphatic heterocycles. The largest absolute Gasteiger partial charge is 0.471 e. The summed E-state index contributed by atoms with van der Waals surface area (Å²) in [6.45, 7) is 7.44. The molecule has 0 aromatic heterocycles. The second-order valence-electron chi connectivity index (χ2n) is 10.0. The summed E-state index contributed by atoms with van der Waals surface area (Å²) in [5.41, 5.74) is 3.28. The van der Waals surface area contributed by atoms with Gasteiger partial charge in [-0.1, -0.05) is 37.5 Å². The van der Waals surface area contributed by atoms with E-state index in [2.05, 4.69) is 6.58 Å². The maximum absolute atomic E-state index is 13.3.